The number of carbonyl (C=O) groups excluding carboxylic acids is 1. The minimum Gasteiger partial charge on any atom is -0.490 e. The number of nitro groups is 1. The molecule has 0 aliphatic carbocycles. The minimum absolute atomic E-state index is 0.113. The SMILES string of the molecule is COc1ccc(NC(=O)CCC2CCNCC2)cc1[N+](=O)[O-]. The lowest BCUT2D eigenvalue weighted by molar-refractivity contribution is -0.385. The third-order valence-electron chi connectivity index (χ3n) is 3.90. The maximum Gasteiger partial charge on any atom is 0.312 e. The summed E-state index contributed by atoms with van der Waals surface area (Å²) in [5.74, 6) is 0.646. The Hall–Kier alpha value is -2.15. The van der Waals surface area contributed by atoms with Gasteiger partial charge in [0.05, 0.1) is 12.0 Å². The molecule has 0 spiro atoms. The first-order valence-corrected chi connectivity index (χ1v) is 7.43. The Morgan fingerprint density at radius 3 is 2.82 bits per heavy atom. The number of rotatable bonds is 6. The summed E-state index contributed by atoms with van der Waals surface area (Å²) in [6.45, 7) is 2.02. The van der Waals surface area contributed by atoms with E-state index >= 15 is 0 Å². The maximum atomic E-state index is 12.0. The molecule has 0 radical (unpaired) electrons. The Kier molecular flexibility index (Phi) is 5.71. The molecule has 120 valence electrons. The Morgan fingerprint density at radius 1 is 1.45 bits per heavy atom. The van der Waals surface area contributed by atoms with E-state index in [0.717, 1.165) is 32.4 Å². The molecule has 0 saturated carbocycles. The van der Waals surface area contributed by atoms with Crippen LogP contribution >= 0.6 is 0 Å². The van der Waals surface area contributed by atoms with Gasteiger partial charge >= 0.3 is 5.69 Å². The highest BCUT2D eigenvalue weighted by atomic mass is 16.6. The second-order valence-electron chi connectivity index (χ2n) is 5.42. The zero-order valence-corrected chi connectivity index (χ0v) is 12.6. The highest BCUT2D eigenvalue weighted by molar-refractivity contribution is 5.91. The van der Waals surface area contributed by atoms with Gasteiger partial charge in [-0.25, -0.2) is 0 Å². The second kappa shape index (κ2) is 7.74. The molecule has 0 aromatic heterocycles. The van der Waals surface area contributed by atoms with E-state index in [9.17, 15) is 14.9 Å². The van der Waals surface area contributed by atoms with Gasteiger partial charge in [0.1, 0.15) is 0 Å². The molecule has 7 heteroatoms. The molecule has 1 aliphatic heterocycles. The number of nitrogens with zero attached hydrogens (tertiary/aromatic N) is 1. The normalized spacial score (nSPS) is 15.3. The topological polar surface area (TPSA) is 93.5 Å². The number of hydrogen-bond acceptors (Lipinski definition) is 5. The fourth-order valence-corrected chi connectivity index (χ4v) is 2.64. The van der Waals surface area contributed by atoms with Gasteiger partial charge in [-0.1, -0.05) is 0 Å². The van der Waals surface area contributed by atoms with Crippen LogP contribution in [0.1, 0.15) is 25.7 Å². The fourth-order valence-electron chi connectivity index (χ4n) is 2.64. The molecule has 1 fully saturated rings. The number of piperidine rings is 1. The van der Waals surface area contributed by atoms with E-state index in [1.54, 1.807) is 6.07 Å². The van der Waals surface area contributed by atoms with E-state index in [2.05, 4.69) is 10.6 Å². The lowest BCUT2D eigenvalue weighted by Gasteiger charge is -2.22. The van der Waals surface area contributed by atoms with Gasteiger partial charge in [-0.2, -0.15) is 0 Å². The summed E-state index contributed by atoms with van der Waals surface area (Å²) in [4.78, 5) is 22.4. The van der Waals surface area contributed by atoms with Crippen molar-refractivity contribution in [3.05, 3.63) is 28.3 Å². The molecule has 7 nitrogen and oxygen atoms in total. The summed E-state index contributed by atoms with van der Waals surface area (Å²) < 4.78 is 4.93. The van der Waals surface area contributed by atoms with Gasteiger partial charge in [-0.05, 0) is 50.4 Å². The molecular formula is C15H21N3O4. The van der Waals surface area contributed by atoms with Crippen molar-refractivity contribution in [2.24, 2.45) is 5.92 Å². The fraction of sp³-hybridized carbons (Fsp3) is 0.533. The number of ether oxygens (including phenoxy) is 1. The van der Waals surface area contributed by atoms with Gasteiger partial charge in [0.25, 0.3) is 0 Å². The van der Waals surface area contributed by atoms with Crippen molar-refractivity contribution >= 4 is 17.3 Å². The lowest BCUT2D eigenvalue weighted by Crippen LogP contribution is -2.28. The van der Waals surface area contributed by atoms with E-state index in [0.29, 0.717) is 18.0 Å². The summed E-state index contributed by atoms with van der Waals surface area (Å²) in [7, 11) is 1.37. The molecule has 1 aromatic rings. The number of amides is 1. The van der Waals surface area contributed by atoms with Crippen LogP contribution in [0.25, 0.3) is 0 Å². The van der Waals surface area contributed by atoms with Crippen LogP contribution in [0, 0.1) is 16.0 Å². The van der Waals surface area contributed by atoms with Crippen molar-refractivity contribution < 1.29 is 14.5 Å². The van der Waals surface area contributed by atoms with Gasteiger partial charge in [-0.3, -0.25) is 14.9 Å². The standard InChI is InChI=1S/C15H21N3O4/c1-22-14-4-3-12(10-13(14)18(20)21)17-15(19)5-2-11-6-8-16-9-7-11/h3-4,10-11,16H,2,5-9H2,1H3,(H,17,19). The zero-order valence-electron chi connectivity index (χ0n) is 12.6. The van der Waals surface area contributed by atoms with Gasteiger partial charge in [0.2, 0.25) is 5.91 Å². The number of carbonyl (C=O) groups is 1. The van der Waals surface area contributed by atoms with Crippen LogP contribution in [0.2, 0.25) is 0 Å². The first-order valence-electron chi connectivity index (χ1n) is 7.43. The summed E-state index contributed by atoms with van der Waals surface area (Å²) in [5.41, 5.74) is 0.265. The smallest absolute Gasteiger partial charge is 0.312 e. The first kappa shape index (κ1) is 16.2. The van der Waals surface area contributed by atoms with Crippen molar-refractivity contribution in [1.29, 1.82) is 0 Å². The molecule has 0 bridgehead atoms. The molecule has 1 aliphatic rings. The predicted molar refractivity (Wildman–Crippen MR) is 83.1 cm³/mol. The van der Waals surface area contributed by atoms with Crippen molar-refractivity contribution in [2.75, 3.05) is 25.5 Å². The molecular weight excluding hydrogens is 286 g/mol. The highest BCUT2D eigenvalue weighted by Gasteiger charge is 2.17. The van der Waals surface area contributed by atoms with Crippen molar-refractivity contribution in [1.82, 2.24) is 5.32 Å². The Morgan fingerprint density at radius 2 is 2.18 bits per heavy atom. The van der Waals surface area contributed by atoms with E-state index in [4.69, 9.17) is 4.74 Å². The summed E-state index contributed by atoms with van der Waals surface area (Å²) in [5, 5.41) is 17.0. The van der Waals surface area contributed by atoms with Crippen LogP contribution in [-0.2, 0) is 4.79 Å². The predicted octanol–water partition coefficient (Wildman–Crippen LogP) is 2.32. The van der Waals surface area contributed by atoms with Crippen LogP contribution in [-0.4, -0.2) is 31.0 Å². The summed E-state index contributed by atoms with van der Waals surface area (Å²) in [6, 6.07) is 4.41. The minimum atomic E-state index is -0.524. The molecule has 0 unspecified atom stereocenters. The van der Waals surface area contributed by atoms with Gasteiger partial charge < -0.3 is 15.4 Å². The largest absolute Gasteiger partial charge is 0.490 e. The number of benzene rings is 1. The number of methoxy groups -OCH3 is 1. The molecule has 2 N–H and O–H groups in total. The zero-order chi connectivity index (χ0) is 15.9. The molecule has 1 heterocycles. The third kappa shape index (κ3) is 4.42. The molecule has 1 saturated heterocycles. The van der Waals surface area contributed by atoms with E-state index in [1.807, 2.05) is 0 Å². The summed E-state index contributed by atoms with van der Waals surface area (Å²) in [6.07, 6.45) is 3.48. The monoisotopic (exact) mass is 307 g/mol. The van der Waals surface area contributed by atoms with E-state index < -0.39 is 4.92 Å². The van der Waals surface area contributed by atoms with Crippen LogP contribution in [0.4, 0.5) is 11.4 Å². The maximum absolute atomic E-state index is 12.0. The van der Waals surface area contributed by atoms with Crippen molar-refractivity contribution in [3.8, 4) is 5.75 Å². The van der Waals surface area contributed by atoms with Crippen molar-refractivity contribution in [2.45, 2.75) is 25.7 Å². The molecule has 2 rings (SSSR count). The molecule has 22 heavy (non-hydrogen) atoms. The Balaban J connectivity index is 1.90. The number of hydrogen-bond donors (Lipinski definition) is 2. The van der Waals surface area contributed by atoms with Gasteiger partial charge in [0, 0.05) is 18.2 Å². The average molecular weight is 307 g/mol. The number of nitro benzene ring substituents is 1. The summed E-state index contributed by atoms with van der Waals surface area (Å²) >= 11 is 0. The van der Waals surface area contributed by atoms with Crippen LogP contribution in [0.3, 0.4) is 0 Å². The van der Waals surface area contributed by atoms with Gasteiger partial charge in [0.15, 0.2) is 5.75 Å². The first-order chi connectivity index (χ1) is 10.6. The van der Waals surface area contributed by atoms with E-state index in [1.165, 1.54) is 19.2 Å². The Labute approximate surface area is 129 Å². The van der Waals surface area contributed by atoms with Crippen molar-refractivity contribution in [3.63, 3.8) is 0 Å². The van der Waals surface area contributed by atoms with E-state index in [-0.39, 0.29) is 17.3 Å². The lowest BCUT2D eigenvalue weighted by atomic mass is 9.93. The van der Waals surface area contributed by atoms with Crippen LogP contribution in [0.15, 0.2) is 18.2 Å². The van der Waals surface area contributed by atoms with Crippen LogP contribution < -0.4 is 15.4 Å². The van der Waals surface area contributed by atoms with Gasteiger partial charge in [-0.15, -0.1) is 0 Å². The third-order valence-corrected chi connectivity index (χ3v) is 3.90. The molecule has 1 aromatic carbocycles. The quantitative estimate of drug-likeness (QED) is 0.621. The number of nitrogens with one attached hydrogen (secondary N) is 2. The molecule has 0 atom stereocenters. The Bertz CT molecular complexity index is 542. The van der Waals surface area contributed by atoms with Crippen LogP contribution in [0.5, 0.6) is 5.75 Å². The average Bonchev–Trinajstić information content (AvgIpc) is 2.54. The number of anilines is 1. The molecule has 1 amide bonds. The second-order valence-corrected chi connectivity index (χ2v) is 5.42. The highest BCUT2D eigenvalue weighted by Crippen LogP contribution is 2.29.